The van der Waals surface area contributed by atoms with Crippen LogP contribution in [-0.4, -0.2) is 149 Å². The van der Waals surface area contributed by atoms with Crippen molar-refractivity contribution in [2.45, 2.75) is 0 Å². The number of nitrogens with one attached hydrogen (secondary N) is 4. The summed E-state index contributed by atoms with van der Waals surface area (Å²) in [6.45, 7) is 0. The number of carboxylic acid groups (broad SMARTS) is 4. The number of carbonyl (C=O) groups excluding carboxylic acids is 4. The van der Waals surface area contributed by atoms with Crippen LogP contribution < -0.4 is 30.6 Å². The van der Waals surface area contributed by atoms with Gasteiger partial charge in [-0.15, -0.1) is 61.3 Å². The number of hydrogen-bond donors (Lipinski definition) is 6. The molecule has 84 heavy (non-hydrogen) atoms. The smallest absolute Gasteiger partial charge is 0.872 e. The molecule has 0 fully saturated rings. The molecule has 0 saturated heterocycles. The number of aromatic nitrogens is 16. The molecule has 0 aliphatic carbocycles. The van der Waals surface area contributed by atoms with E-state index in [0.29, 0.717) is 0 Å². The molecule has 0 aliphatic heterocycles. The van der Waals surface area contributed by atoms with E-state index in [1.807, 2.05) is 0 Å². The van der Waals surface area contributed by atoms with E-state index in [-0.39, 0.29) is 210 Å². The van der Waals surface area contributed by atoms with Crippen molar-refractivity contribution in [1.82, 2.24) is 82.5 Å². The van der Waals surface area contributed by atoms with Gasteiger partial charge in [0.15, 0.2) is 0 Å². The number of aromatic amines is 4. The Balaban J connectivity index is -0.0000000774. The molecular formula is C32H54Ho2N24O26+8. The van der Waals surface area contributed by atoms with Crippen LogP contribution in [0, 0.1) is 75.5 Å². The number of aromatic hydroxyl groups is 2. The molecule has 0 bridgehead atoms. The first kappa shape index (κ1) is 103. The minimum Gasteiger partial charge on any atom is -0.872 e. The monoisotopic (exact) mass is 1520 g/mol. The maximum atomic E-state index is 11.1. The van der Waals surface area contributed by atoms with Crippen molar-refractivity contribution >= 4 is 70.4 Å². The van der Waals surface area contributed by atoms with Crippen molar-refractivity contribution in [1.29, 1.82) is 0 Å². The predicted octanol–water partition coefficient (Wildman–Crippen LogP) is -14.9. The van der Waals surface area contributed by atoms with Gasteiger partial charge in [-0.2, -0.15) is 20.9 Å². The van der Waals surface area contributed by atoms with E-state index in [2.05, 4.69) is 123 Å². The summed E-state index contributed by atoms with van der Waals surface area (Å²) in [6, 6.07) is 14.2. The topological polar surface area (TPSA) is 1020 Å². The molecular weight excluding hydrogens is 1470 g/mol. The Morgan fingerprint density at radius 1 is 0.345 bits per heavy atom. The van der Waals surface area contributed by atoms with Gasteiger partial charge in [-0.05, 0) is 92.6 Å². The summed E-state index contributed by atoms with van der Waals surface area (Å²) < 4.78 is 0. The summed E-state index contributed by atoms with van der Waals surface area (Å²) in [5.41, 5.74) is -0.908. The Bertz CT molecular complexity index is 2720. The molecule has 4 aromatic carbocycles. The number of nitrogens with zero attached hydrogens (tertiary/aromatic N) is 20. The van der Waals surface area contributed by atoms with Crippen LogP contribution in [0.1, 0.15) is 41.4 Å². The Labute approximate surface area is 520 Å². The number of aromatic carboxylic acids is 4. The molecule has 0 unspecified atom stereocenters. The second kappa shape index (κ2) is 51.7. The third-order valence-corrected chi connectivity index (χ3v) is 7.12. The molecule has 0 radical (unpaired) electrons. The van der Waals surface area contributed by atoms with Gasteiger partial charge in [0.1, 0.15) is 11.5 Å². The van der Waals surface area contributed by atoms with Crippen LogP contribution in [0.25, 0.3) is 0 Å². The van der Waals surface area contributed by atoms with Crippen LogP contribution >= 0.6 is 0 Å². The van der Waals surface area contributed by atoms with E-state index in [4.69, 9.17) is 0 Å². The minimum atomic E-state index is -1.56. The van der Waals surface area contributed by atoms with E-state index in [9.17, 15) is 60.0 Å². The van der Waals surface area contributed by atoms with E-state index < -0.39 is 58.0 Å². The SMILES string of the molecule is O.O.O.O.O.O.O=C([O-])c1cc(N=Nc2nn[nH]n2)ccc1O.O=C([O-])c1cc(N=Nc2nn[nH]n2)ccc1O.O=C([O-])c1cc(N=Nc2nn[nH]n2)ccc1[O-].O=C([O-])c1cc(N=Nc2nn[nH]n2)ccc1[O-].[Ho+3].[Ho+3].[OH3+].[OH3+].[OH3+].[OH3+].[OH3+].[OH3+].[OH3+].[OH3+]. The second-order valence-electron chi connectivity index (χ2n) is 11.6. The zero-order chi connectivity index (χ0) is 49.0. The molecule has 50 nitrogen and oxygen atoms in total. The normalized spacial score (nSPS) is 8.76. The number of azo groups is 4. The largest absolute Gasteiger partial charge is 3.00 e. The number of H-pyrrole nitrogens is 4. The number of carbonyl (C=O) groups is 4. The summed E-state index contributed by atoms with van der Waals surface area (Å²) in [7, 11) is 0. The van der Waals surface area contributed by atoms with Crippen LogP contribution in [0.15, 0.2) is 114 Å². The van der Waals surface area contributed by atoms with Gasteiger partial charge in [-0.1, -0.05) is 44.0 Å². The molecule has 0 amide bonds. The Morgan fingerprint density at radius 3 is 0.738 bits per heavy atom. The zero-order valence-corrected chi connectivity index (χ0v) is 44.9. The summed E-state index contributed by atoms with van der Waals surface area (Å²) >= 11 is 0. The first-order valence-corrected chi connectivity index (χ1v) is 17.4. The van der Waals surface area contributed by atoms with Crippen LogP contribution in [0.5, 0.6) is 23.0 Å². The predicted molar refractivity (Wildman–Crippen MR) is 259 cm³/mol. The number of benzene rings is 4. The number of carboxylic acids is 4. The second-order valence-corrected chi connectivity index (χ2v) is 11.6. The van der Waals surface area contributed by atoms with Crippen molar-refractivity contribution in [3.63, 3.8) is 0 Å². The van der Waals surface area contributed by atoms with E-state index in [1.165, 1.54) is 36.4 Å². The van der Waals surface area contributed by atoms with Gasteiger partial charge in [0.25, 0.3) is 0 Å². The van der Waals surface area contributed by atoms with Gasteiger partial charge < -0.3 is 137 Å². The summed E-state index contributed by atoms with van der Waals surface area (Å²) in [5.74, 6) is -8.23. The van der Waals surface area contributed by atoms with Crippen LogP contribution in [0.2, 0.25) is 0 Å². The summed E-state index contributed by atoms with van der Waals surface area (Å²) in [5, 5.41) is 162. The maximum absolute atomic E-state index is 11.1. The van der Waals surface area contributed by atoms with Gasteiger partial charge in [0.2, 0.25) is 0 Å². The molecule has 4 aromatic heterocycles. The van der Waals surface area contributed by atoms with E-state index in [0.717, 1.165) is 36.4 Å². The van der Waals surface area contributed by atoms with Gasteiger partial charge in [-0.25, -0.2) is 0 Å². The Hall–Kier alpha value is -9.40. The Kier molecular flexibility index (Phi) is 63.5. The molecule has 0 atom stereocenters. The molecule has 0 spiro atoms. The number of rotatable bonds is 12. The molecule has 8 rings (SSSR count). The summed E-state index contributed by atoms with van der Waals surface area (Å²) in [4.78, 5) is 42.4. The Morgan fingerprint density at radius 2 is 0.548 bits per heavy atom. The maximum Gasteiger partial charge on any atom is 3.00 e. The quantitative estimate of drug-likeness (QED) is 0.0376. The first-order chi connectivity index (χ1) is 32.7. The number of phenols is 2. The molecule has 4 heterocycles. The number of tetrazole rings is 4. The van der Waals surface area contributed by atoms with Gasteiger partial charge in [0, 0.05) is 11.1 Å². The minimum absolute atomic E-state index is 0. The standard InChI is InChI=1S/4C8H6N6O3.2Ho.14H2O/c4*15-6-2-1-4(3-5(6)7(16)17)9-10-8-11-13-14-12-8;;;;;;;;;;;;;;;;/h4*1-3,15H,(H,16,17)(H,11,12,13,14);;;14*1H2/q;;;;2*+3;;;;;;;;;;;;;;/p+2. The molecule has 8 aromatic rings. The van der Waals surface area contributed by atoms with Gasteiger partial charge in [-0.3, -0.25) is 0 Å². The van der Waals surface area contributed by atoms with Crippen molar-refractivity contribution in [2.75, 3.05) is 0 Å². The fourth-order valence-electron chi connectivity index (χ4n) is 4.18. The van der Waals surface area contributed by atoms with Crippen LogP contribution in [0.3, 0.4) is 0 Å². The fraction of sp³-hybridized carbons (Fsp3) is 0. The molecule has 472 valence electrons. The van der Waals surface area contributed by atoms with Crippen molar-refractivity contribution in [3.8, 4) is 23.0 Å². The number of hydrogen-bond acceptors (Lipinski definition) is 32. The third-order valence-electron chi connectivity index (χ3n) is 7.12. The van der Waals surface area contributed by atoms with Crippen molar-refractivity contribution in [3.05, 3.63) is 95.1 Å². The molecule has 42 N–H and O–H groups in total. The van der Waals surface area contributed by atoms with Gasteiger partial charge in [0.05, 0.1) is 46.6 Å². The first-order valence-electron chi connectivity index (χ1n) is 17.4. The van der Waals surface area contributed by atoms with Crippen molar-refractivity contribution < 1.29 is 212 Å². The molecule has 0 saturated carbocycles. The summed E-state index contributed by atoms with van der Waals surface area (Å²) in [6.07, 6.45) is 0. The van der Waals surface area contributed by atoms with E-state index >= 15 is 0 Å². The molecule has 0 aliphatic rings. The van der Waals surface area contributed by atoms with Crippen LogP contribution in [0.4, 0.5) is 46.5 Å². The van der Waals surface area contributed by atoms with Crippen molar-refractivity contribution in [2.24, 2.45) is 40.9 Å². The zero-order valence-electron chi connectivity index (χ0n) is 41.1. The van der Waals surface area contributed by atoms with Gasteiger partial charge >= 0.3 is 99.3 Å². The average Bonchev–Trinajstić information content (AvgIpc) is 4.19. The average molecular weight is 1520 g/mol. The van der Waals surface area contributed by atoms with Crippen LogP contribution in [-0.2, 0) is 43.8 Å². The molecule has 52 heteroatoms. The van der Waals surface area contributed by atoms with E-state index in [1.54, 1.807) is 0 Å². The third kappa shape index (κ3) is 32.8. The fourth-order valence-corrected chi connectivity index (χ4v) is 4.18.